The molecule has 1 heterocycles. The van der Waals surface area contributed by atoms with E-state index in [1.54, 1.807) is 12.1 Å². The third-order valence-corrected chi connectivity index (χ3v) is 5.33. The standard InChI is InChI=1S/C23H29FN2O3/c1-29-22-8-6-17(14-21(22)24)7-9-23(28)25-15-18-2-4-19(5-3-18)16-26-12-10-20(27)11-13-26/h2-6,8,14,20,27H,7,9-13,15-16H2,1H3,(H,25,28). The zero-order valence-corrected chi connectivity index (χ0v) is 16.9. The van der Waals surface area contributed by atoms with Crippen LogP contribution < -0.4 is 10.1 Å². The Morgan fingerprint density at radius 3 is 2.45 bits per heavy atom. The first-order valence-electron chi connectivity index (χ1n) is 10.1. The number of likely N-dealkylation sites (tertiary alicyclic amines) is 1. The number of aryl methyl sites for hydroxylation is 1. The van der Waals surface area contributed by atoms with E-state index in [9.17, 15) is 14.3 Å². The van der Waals surface area contributed by atoms with Crippen molar-refractivity contribution >= 4 is 5.91 Å². The lowest BCUT2D eigenvalue weighted by atomic mass is 10.1. The molecule has 2 aromatic carbocycles. The molecule has 2 N–H and O–H groups in total. The molecule has 1 fully saturated rings. The minimum absolute atomic E-state index is 0.0582. The minimum atomic E-state index is -0.411. The van der Waals surface area contributed by atoms with Gasteiger partial charge in [-0.25, -0.2) is 4.39 Å². The third-order valence-electron chi connectivity index (χ3n) is 5.33. The van der Waals surface area contributed by atoms with Crippen LogP contribution in [0.25, 0.3) is 0 Å². The van der Waals surface area contributed by atoms with Crippen LogP contribution in [-0.2, 0) is 24.3 Å². The number of rotatable bonds is 8. The number of hydrogen-bond donors (Lipinski definition) is 2. The highest BCUT2D eigenvalue weighted by Crippen LogP contribution is 2.18. The summed E-state index contributed by atoms with van der Waals surface area (Å²) in [6.45, 7) is 3.22. The summed E-state index contributed by atoms with van der Waals surface area (Å²) in [5.74, 6) is -0.261. The number of hydrogen-bond acceptors (Lipinski definition) is 4. The molecule has 0 spiro atoms. The molecule has 0 unspecified atom stereocenters. The molecule has 1 aliphatic rings. The highest BCUT2D eigenvalue weighted by Gasteiger charge is 2.16. The molecule has 0 saturated carbocycles. The van der Waals surface area contributed by atoms with Gasteiger partial charge in [0, 0.05) is 32.6 Å². The van der Waals surface area contributed by atoms with Crippen LogP contribution in [0.1, 0.15) is 36.0 Å². The van der Waals surface area contributed by atoms with Crippen LogP contribution in [0.15, 0.2) is 42.5 Å². The van der Waals surface area contributed by atoms with Gasteiger partial charge in [0.25, 0.3) is 0 Å². The van der Waals surface area contributed by atoms with E-state index in [1.165, 1.54) is 18.7 Å². The van der Waals surface area contributed by atoms with E-state index >= 15 is 0 Å². The number of nitrogens with one attached hydrogen (secondary N) is 1. The molecule has 0 atom stereocenters. The van der Waals surface area contributed by atoms with E-state index in [0.29, 0.717) is 19.4 Å². The molecule has 3 rings (SSSR count). The second-order valence-corrected chi connectivity index (χ2v) is 7.57. The molecule has 29 heavy (non-hydrogen) atoms. The Kier molecular flexibility index (Phi) is 7.61. The van der Waals surface area contributed by atoms with Gasteiger partial charge >= 0.3 is 0 Å². The van der Waals surface area contributed by atoms with Crippen LogP contribution >= 0.6 is 0 Å². The number of benzene rings is 2. The van der Waals surface area contributed by atoms with Crippen LogP contribution in [-0.4, -0.2) is 42.2 Å². The van der Waals surface area contributed by atoms with Crippen molar-refractivity contribution in [3.05, 3.63) is 65.0 Å². The van der Waals surface area contributed by atoms with Crippen molar-refractivity contribution < 1.29 is 19.0 Å². The van der Waals surface area contributed by atoms with Gasteiger partial charge in [-0.15, -0.1) is 0 Å². The van der Waals surface area contributed by atoms with E-state index in [4.69, 9.17) is 4.74 Å². The van der Waals surface area contributed by atoms with Crippen molar-refractivity contribution in [1.82, 2.24) is 10.2 Å². The molecule has 0 aromatic heterocycles. The van der Waals surface area contributed by atoms with Gasteiger partial charge in [-0.2, -0.15) is 0 Å². The molecule has 0 bridgehead atoms. The predicted molar refractivity (Wildman–Crippen MR) is 110 cm³/mol. The van der Waals surface area contributed by atoms with Crippen molar-refractivity contribution in [3.63, 3.8) is 0 Å². The molecule has 0 aliphatic carbocycles. The molecule has 1 aliphatic heterocycles. The summed E-state index contributed by atoms with van der Waals surface area (Å²) in [6, 6.07) is 13.0. The Morgan fingerprint density at radius 2 is 1.79 bits per heavy atom. The number of carbonyl (C=O) groups excluding carboxylic acids is 1. The van der Waals surface area contributed by atoms with Gasteiger partial charge in [-0.1, -0.05) is 30.3 Å². The van der Waals surface area contributed by atoms with Crippen molar-refractivity contribution in [1.29, 1.82) is 0 Å². The van der Waals surface area contributed by atoms with E-state index < -0.39 is 5.82 Å². The normalized spacial score (nSPS) is 15.3. The second-order valence-electron chi connectivity index (χ2n) is 7.57. The first-order valence-corrected chi connectivity index (χ1v) is 10.1. The van der Waals surface area contributed by atoms with Crippen LogP contribution in [0, 0.1) is 5.82 Å². The highest BCUT2D eigenvalue weighted by atomic mass is 19.1. The van der Waals surface area contributed by atoms with Crippen molar-refractivity contribution in [3.8, 4) is 5.75 Å². The second kappa shape index (κ2) is 10.4. The number of halogens is 1. The summed E-state index contributed by atoms with van der Waals surface area (Å²) in [6.07, 6.45) is 2.32. The van der Waals surface area contributed by atoms with Crippen LogP contribution in [0.4, 0.5) is 4.39 Å². The lowest BCUT2D eigenvalue weighted by Crippen LogP contribution is -2.35. The third kappa shape index (κ3) is 6.54. The van der Waals surface area contributed by atoms with Crippen molar-refractivity contribution in [2.24, 2.45) is 0 Å². The summed E-state index contributed by atoms with van der Waals surface area (Å²) in [4.78, 5) is 14.4. The molecule has 156 valence electrons. The Hall–Kier alpha value is -2.44. The summed E-state index contributed by atoms with van der Waals surface area (Å²) < 4.78 is 18.6. The van der Waals surface area contributed by atoms with Crippen molar-refractivity contribution in [2.45, 2.75) is 44.9 Å². The zero-order valence-electron chi connectivity index (χ0n) is 16.9. The van der Waals surface area contributed by atoms with Gasteiger partial charge < -0.3 is 15.2 Å². The Balaban J connectivity index is 1.40. The fourth-order valence-corrected chi connectivity index (χ4v) is 3.51. The summed E-state index contributed by atoms with van der Waals surface area (Å²) in [7, 11) is 1.43. The van der Waals surface area contributed by atoms with E-state index in [-0.39, 0.29) is 17.8 Å². The number of nitrogens with zero attached hydrogens (tertiary/aromatic N) is 1. The summed E-state index contributed by atoms with van der Waals surface area (Å²) >= 11 is 0. The first kappa shape index (κ1) is 21.3. The largest absolute Gasteiger partial charge is 0.494 e. The quantitative estimate of drug-likeness (QED) is 0.715. The van der Waals surface area contributed by atoms with Crippen LogP contribution in [0.5, 0.6) is 5.75 Å². The number of carbonyl (C=O) groups is 1. The molecule has 5 nitrogen and oxygen atoms in total. The molecule has 6 heteroatoms. The summed E-state index contributed by atoms with van der Waals surface area (Å²) in [5, 5.41) is 12.5. The SMILES string of the molecule is COc1ccc(CCC(=O)NCc2ccc(CN3CCC(O)CC3)cc2)cc1F. The number of aliphatic hydroxyl groups is 1. The fraction of sp³-hybridized carbons (Fsp3) is 0.435. The van der Waals surface area contributed by atoms with E-state index in [2.05, 4.69) is 22.3 Å². The van der Waals surface area contributed by atoms with Crippen LogP contribution in [0.2, 0.25) is 0 Å². The Bertz CT molecular complexity index is 802. The maximum atomic E-state index is 13.7. The van der Waals surface area contributed by atoms with Gasteiger partial charge in [-0.3, -0.25) is 9.69 Å². The molecule has 1 amide bonds. The van der Waals surface area contributed by atoms with E-state index in [1.807, 2.05) is 12.1 Å². The van der Waals surface area contributed by atoms with Gasteiger partial charge in [0.2, 0.25) is 5.91 Å². The van der Waals surface area contributed by atoms with Gasteiger partial charge in [0.15, 0.2) is 11.6 Å². The van der Waals surface area contributed by atoms with Gasteiger partial charge in [0.1, 0.15) is 0 Å². The number of piperidine rings is 1. The average molecular weight is 400 g/mol. The maximum absolute atomic E-state index is 13.7. The average Bonchev–Trinajstić information content (AvgIpc) is 2.73. The fourth-order valence-electron chi connectivity index (χ4n) is 3.51. The number of aliphatic hydroxyl groups excluding tert-OH is 1. The van der Waals surface area contributed by atoms with Gasteiger partial charge in [0.05, 0.1) is 13.2 Å². The molecular formula is C23H29FN2O3. The highest BCUT2D eigenvalue weighted by molar-refractivity contribution is 5.76. The number of ether oxygens (including phenoxy) is 1. The lowest BCUT2D eigenvalue weighted by Gasteiger charge is -2.29. The van der Waals surface area contributed by atoms with Crippen LogP contribution in [0.3, 0.4) is 0 Å². The number of amides is 1. The minimum Gasteiger partial charge on any atom is -0.494 e. The monoisotopic (exact) mass is 400 g/mol. The summed E-state index contributed by atoms with van der Waals surface area (Å²) in [5.41, 5.74) is 3.05. The van der Waals surface area contributed by atoms with Crippen molar-refractivity contribution in [2.75, 3.05) is 20.2 Å². The molecular weight excluding hydrogens is 371 g/mol. The lowest BCUT2D eigenvalue weighted by molar-refractivity contribution is -0.121. The predicted octanol–water partition coefficient (Wildman–Crippen LogP) is 3.04. The first-order chi connectivity index (χ1) is 14.0. The van der Waals surface area contributed by atoms with Gasteiger partial charge in [-0.05, 0) is 48.1 Å². The topological polar surface area (TPSA) is 61.8 Å². The Morgan fingerprint density at radius 1 is 1.14 bits per heavy atom. The maximum Gasteiger partial charge on any atom is 0.220 e. The molecule has 0 radical (unpaired) electrons. The smallest absolute Gasteiger partial charge is 0.220 e. The molecule has 1 saturated heterocycles. The molecule has 2 aromatic rings. The number of methoxy groups -OCH3 is 1. The zero-order chi connectivity index (χ0) is 20.6. The van der Waals surface area contributed by atoms with E-state index in [0.717, 1.165) is 43.6 Å². The Labute approximate surface area is 171 Å².